The molecule has 152 valence electrons. The summed E-state index contributed by atoms with van der Waals surface area (Å²) in [5.74, 6) is 2.11. The standard InChI is InChI=1S/C24H33NO3/c1-22-10-8-17(26)14-16(22)4-5-18-19(22)9-11-24(15-25-3)20(18)6-7-21(24)23(2)27-12-13-28-23/h14,18-21H,4-13,15H2,1-2H3/t18-,19-,20+,21-,22-,24-/m1/s1. The fraction of sp³-hybridized carbons (Fsp3) is 0.833. The van der Waals surface area contributed by atoms with Gasteiger partial charge in [0.25, 0.3) is 0 Å². The summed E-state index contributed by atoms with van der Waals surface area (Å²) in [4.78, 5) is 16.0. The lowest BCUT2D eigenvalue weighted by atomic mass is 9.46. The lowest BCUT2D eigenvalue weighted by molar-refractivity contribution is -0.215. The molecule has 5 aliphatic rings. The van der Waals surface area contributed by atoms with Gasteiger partial charge < -0.3 is 14.3 Å². The monoisotopic (exact) mass is 383 g/mol. The van der Waals surface area contributed by atoms with Crippen molar-refractivity contribution < 1.29 is 14.3 Å². The van der Waals surface area contributed by atoms with Gasteiger partial charge >= 0.3 is 0 Å². The zero-order chi connectivity index (χ0) is 19.6. The van der Waals surface area contributed by atoms with E-state index in [2.05, 4.69) is 18.7 Å². The van der Waals surface area contributed by atoms with Gasteiger partial charge in [-0.1, -0.05) is 12.5 Å². The maximum atomic E-state index is 12.0. The van der Waals surface area contributed by atoms with Crippen molar-refractivity contribution >= 4 is 5.78 Å². The van der Waals surface area contributed by atoms with Crippen LogP contribution in [0, 0.1) is 41.1 Å². The Morgan fingerprint density at radius 3 is 2.61 bits per heavy atom. The van der Waals surface area contributed by atoms with Crippen LogP contribution in [0.4, 0.5) is 0 Å². The molecule has 4 heteroatoms. The minimum absolute atomic E-state index is 0.0457. The van der Waals surface area contributed by atoms with E-state index in [1.807, 2.05) is 6.08 Å². The number of carbonyl (C=O) groups excluding carboxylic acids is 1. The first-order valence-corrected chi connectivity index (χ1v) is 11.3. The molecule has 4 nitrogen and oxygen atoms in total. The van der Waals surface area contributed by atoms with Crippen LogP contribution in [0.5, 0.6) is 0 Å². The molecule has 3 saturated carbocycles. The van der Waals surface area contributed by atoms with Crippen molar-refractivity contribution in [1.82, 2.24) is 0 Å². The first-order valence-electron chi connectivity index (χ1n) is 11.3. The fourth-order valence-corrected chi connectivity index (χ4v) is 8.34. The van der Waals surface area contributed by atoms with Gasteiger partial charge in [-0.05, 0) is 81.1 Å². The topological polar surface area (TPSA) is 39.9 Å². The molecule has 4 fully saturated rings. The predicted octanol–water partition coefficient (Wildman–Crippen LogP) is 4.80. The van der Waals surface area contributed by atoms with Crippen molar-refractivity contribution in [2.75, 3.05) is 19.8 Å². The summed E-state index contributed by atoms with van der Waals surface area (Å²) in [6.07, 6.45) is 10.6. The minimum atomic E-state index is -0.507. The summed E-state index contributed by atoms with van der Waals surface area (Å²) >= 11 is 0. The molecule has 1 heterocycles. The summed E-state index contributed by atoms with van der Waals surface area (Å²) in [7, 11) is 0. The number of carbonyl (C=O) groups is 1. The smallest absolute Gasteiger partial charge is 0.220 e. The molecule has 1 aliphatic heterocycles. The van der Waals surface area contributed by atoms with Crippen LogP contribution in [0.25, 0.3) is 4.85 Å². The highest BCUT2D eigenvalue weighted by molar-refractivity contribution is 5.91. The molecule has 0 unspecified atom stereocenters. The number of ketones is 1. The van der Waals surface area contributed by atoms with Gasteiger partial charge in [0.2, 0.25) is 6.54 Å². The highest BCUT2D eigenvalue weighted by Gasteiger charge is 2.66. The van der Waals surface area contributed by atoms with E-state index < -0.39 is 5.79 Å². The number of hydrogen-bond donors (Lipinski definition) is 0. The lowest BCUT2D eigenvalue weighted by Crippen LogP contribution is -2.55. The van der Waals surface area contributed by atoms with E-state index in [0.29, 0.717) is 55.6 Å². The van der Waals surface area contributed by atoms with E-state index in [4.69, 9.17) is 16.0 Å². The van der Waals surface area contributed by atoms with E-state index in [1.165, 1.54) is 24.8 Å². The first kappa shape index (κ1) is 18.8. The average molecular weight is 384 g/mol. The van der Waals surface area contributed by atoms with Gasteiger partial charge in [-0.15, -0.1) is 0 Å². The van der Waals surface area contributed by atoms with Crippen molar-refractivity contribution in [3.05, 3.63) is 23.1 Å². The Morgan fingerprint density at radius 1 is 1.07 bits per heavy atom. The highest BCUT2D eigenvalue weighted by Crippen LogP contribution is 2.68. The van der Waals surface area contributed by atoms with Crippen LogP contribution in [0.1, 0.15) is 65.2 Å². The fourth-order valence-electron chi connectivity index (χ4n) is 8.34. The normalized spacial score (nSPS) is 46.9. The molecule has 0 radical (unpaired) electrons. The second-order valence-corrected chi connectivity index (χ2v) is 10.4. The predicted molar refractivity (Wildman–Crippen MR) is 106 cm³/mol. The van der Waals surface area contributed by atoms with Crippen LogP contribution in [-0.2, 0) is 14.3 Å². The lowest BCUT2D eigenvalue weighted by Gasteiger charge is -2.58. The Morgan fingerprint density at radius 2 is 1.86 bits per heavy atom. The van der Waals surface area contributed by atoms with Crippen LogP contribution in [-0.4, -0.2) is 31.3 Å². The molecule has 0 amide bonds. The molecule has 0 aromatic carbocycles. The second kappa shape index (κ2) is 6.41. The molecular formula is C24H33NO3. The second-order valence-electron chi connectivity index (χ2n) is 10.4. The van der Waals surface area contributed by atoms with E-state index in [1.54, 1.807) is 0 Å². The summed E-state index contributed by atoms with van der Waals surface area (Å²) in [6, 6.07) is 0. The molecule has 0 aromatic heterocycles. The molecule has 6 atom stereocenters. The molecule has 0 bridgehead atoms. The number of fused-ring (bicyclic) bond motifs is 5. The minimum Gasteiger partial charge on any atom is -0.348 e. The van der Waals surface area contributed by atoms with Crippen LogP contribution >= 0.6 is 0 Å². The van der Waals surface area contributed by atoms with E-state index >= 15 is 0 Å². The summed E-state index contributed by atoms with van der Waals surface area (Å²) in [5.41, 5.74) is 1.67. The number of rotatable bonds is 2. The molecule has 0 spiro atoms. The van der Waals surface area contributed by atoms with Crippen molar-refractivity contribution in [3.63, 3.8) is 0 Å². The van der Waals surface area contributed by atoms with Crippen LogP contribution < -0.4 is 0 Å². The molecule has 0 N–H and O–H groups in total. The van der Waals surface area contributed by atoms with Gasteiger partial charge in [0.05, 0.1) is 18.6 Å². The molecule has 28 heavy (non-hydrogen) atoms. The summed E-state index contributed by atoms with van der Waals surface area (Å²) < 4.78 is 12.3. The van der Waals surface area contributed by atoms with Crippen LogP contribution in [0.3, 0.4) is 0 Å². The Labute approximate surface area is 168 Å². The Balaban J connectivity index is 1.50. The van der Waals surface area contributed by atoms with Gasteiger partial charge in [-0.2, -0.15) is 0 Å². The summed E-state index contributed by atoms with van der Waals surface area (Å²) in [6.45, 7) is 14.3. The number of nitrogens with zero attached hydrogens (tertiary/aromatic N) is 1. The quantitative estimate of drug-likeness (QED) is 0.643. The van der Waals surface area contributed by atoms with Crippen molar-refractivity contribution in [2.24, 2.45) is 34.5 Å². The van der Waals surface area contributed by atoms with Crippen LogP contribution in [0.15, 0.2) is 11.6 Å². The Kier molecular flexibility index (Phi) is 4.31. The SMILES string of the molecule is [C-]#[N+]C[C@]12CC[C@@H]3[C@@H](CCC4=CC(=O)CC[C@]43C)[C@@H]1CC[C@@H]2C1(C)OCCO1. The third kappa shape index (κ3) is 2.45. The maximum Gasteiger partial charge on any atom is 0.220 e. The van der Waals surface area contributed by atoms with E-state index in [-0.39, 0.29) is 10.8 Å². The zero-order valence-electron chi connectivity index (χ0n) is 17.3. The van der Waals surface area contributed by atoms with Crippen LogP contribution in [0.2, 0.25) is 0 Å². The number of allylic oxidation sites excluding steroid dienone is 1. The molecule has 5 rings (SSSR count). The summed E-state index contributed by atoms with van der Waals surface area (Å²) in [5, 5.41) is 0. The molecular weight excluding hydrogens is 350 g/mol. The van der Waals surface area contributed by atoms with Gasteiger partial charge in [0, 0.05) is 12.3 Å². The molecule has 0 aromatic rings. The van der Waals surface area contributed by atoms with E-state index in [9.17, 15) is 4.79 Å². The first-order chi connectivity index (χ1) is 13.4. The third-order valence-corrected chi connectivity index (χ3v) is 9.55. The Hall–Kier alpha value is -1.18. The highest BCUT2D eigenvalue weighted by atomic mass is 16.7. The van der Waals surface area contributed by atoms with Gasteiger partial charge in [0.1, 0.15) is 0 Å². The van der Waals surface area contributed by atoms with Crippen molar-refractivity contribution in [3.8, 4) is 0 Å². The Bertz CT molecular complexity index is 745. The van der Waals surface area contributed by atoms with Gasteiger partial charge in [0.15, 0.2) is 11.6 Å². The average Bonchev–Trinajstić information content (AvgIpc) is 3.27. The zero-order valence-corrected chi connectivity index (χ0v) is 17.3. The molecule has 1 saturated heterocycles. The van der Waals surface area contributed by atoms with Gasteiger partial charge in [-0.3, -0.25) is 4.79 Å². The maximum absolute atomic E-state index is 12.0. The third-order valence-electron chi connectivity index (χ3n) is 9.55. The number of ether oxygens (including phenoxy) is 2. The number of hydrogen-bond acceptors (Lipinski definition) is 3. The van der Waals surface area contributed by atoms with Crippen molar-refractivity contribution in [1.29, 1.82) is 0 Å². The van der Waals surface area contributed by atoms with Gasteiger partial charge in [-0.25, -0.2) is 6.57 Å². The van der Waals surface area contributed by atoms with E-state index in [0.717, 1.165) is 25.7 Å². The molecule has 4 aliphatic carbocycles. The van der Waals surface area contributed by atoms with Crippen molar-refractivity contribution in [2.45, 2.75) is 71.0 Å². The largest absolute Gasteiger partial charge is 0.348 e.